The predicted octanol–water partition coefficient (Wildman–Crippen LogP) is 1.97. The van der Waals surface area contributed by atoms with Gasteiger partial charge in [0, 0.05) is 22.4 Å². The molecule has 1 amide bonds. The van der Waals surface area contributed by atoms with E-state index >= 15 is 0 Å². The number of rotatable bonds is 8. The van der Waals surface area contributed by atoms with Gasteiger partial charge in [0.2, 0.25) is 5.91 Å². The summed E-state index contributed by atoms with van der Waals surface area (Å²) in [4.78, 5) is 14.7. The molecule has 1 heterocycles. The summed E-state index contributed by atoms with van der Waals surface area (Å²) in [6.07, 6.45) is 0. The summed E-state index contributed by atoms with van der Waals surface area (Å²) in [5.74, 6) is -0.335. The lowest BCUT2D eigenvalue weighted by molar-refractivity contribution is -0.120. The Hall–Kier alpha value is -0.430. The third kappa shape index (κ3) is 4.35. The van der Waals surface area contributed by atoms with Gasteiger partial charge in [0.15, 0.2) is 0 Å². The Kier molecular flexibility index (Phi) is 6.85. The molecule has 0 bridgehead atoms. The van der Waals surface area contributed by atoms with Crippen LogP contribution in [0.4, 0.5) is 0 Å². The number of likely N-dealkylation sites (N-methyl/N-ethyl adjacent to an activating group) is 1. The Morgan fingerprint density at radius 2 is 2.22 bits per heavy atom. The van der Waals surface area contributed by atoms with Crippen molar-refractivity contribution in [2.45, 2.75) is 19.9 Å². The SMILES string of the molecule is CCN(CC)CCNC(C(N)=O)c1sccc1Br. The van der Waals surface area contributed by atoms with Crippen molar-refractivity contribution in [2.24, 2.45) is 5.73 Å². The molecule has 18 heavy (non-hydrogen) atoms. The normalized spacial score (nSPS) is 12.9. The fourth-order valence-electron chi connectivity index (χ4n) is 1.74. The smallest absolute Gasteiger partial charge is 0.240 e. The van der Waals surface area contributed by atoms with E-state index in [4.69, 9.17) is 5.73 Å². The van der Waals surface area contributed by atoms with Gasteiger partial charge in [-0.25, -0.2) is 0 Å². The van der Waals surface area contributed by atoms with Gasteiger partial charge in [-0.2, -0.15) is 0 Å². The molecule has 0 aliphatic carbocycles. The van der Waals surface area contributed by atoms with E-state index in [0.717, 1.165) is 35.5 Å². The molecule has 3 N–H and O–H groups in total. The van der Waals surface area contributed by atoms with Crippen LogP contribution in [0.5, 0.6) is 0 Å². The van der Waals surface area contributed by atoms with Crippen LogP contribution in [0.25, 0.3) is 0 Å². The molecule has 1 atom stereocenters. The van der Waals surface area contributed by atoms with E-state index in [2.05, 4.69) is 40.0 Å². The second-order valence-corrected chi connectivity index (χ2v) is 5.75. The molecular weight excluding hydrogens is 314 g/mol. The van der Waals surface area contributed by atoms with E-state index in [-0.39, 0.29) is 5.91 Å². The van der Waals surface area contributed by atoms with Crippen LogP contribution in [-0.2, 0) is 4.79 Å². The van der Waals surface area contributed by atoms with Crippen molar-refractivity contribution in [1.82, 2.24) is 10.2 Å². The minimum atomic E-state index is -0.407. The second kappa shape index (κ2) is 7.89. The lowest BCUT2D eigenvalue weighted by Gasteiger charge is -2.20. The van der Waals surface area contributed by atoms with E-state index in [9.17, 15) is 4.79 Å². The van der Waals surface area contributed by atoms with E-state index in [1.807, 2.05) is 11.4 Å². The van der Waals surface area contributed by atoms with Gasteiger partial charge in [-0.3, -0.25) is 4.79 Å². The summed E-state index contributed by atoms with van der Waals surface area (Å²) in [5.41, 5.74) is 5.45. The number of halogens is 1. The minimum Gasteiger partial charge on any atom is -0.368 e. The molecule has 4 nitrogen and oxygen atoms in total. The highest BCUT2D eigenvalue weighted by Crippen LogP contribution is 2.28. The molecule has 1 unspecified atom stereocenters. The first-order valence-corrected chi connectivity index (χ1v) is 7.75. The quantitative estimate of drug-likeness (QED) is 0.764. The summed E-state index contributed by atoms with van der Waals surface area (Å²) in [6, 6.07) is 1.53. The lowest BCUT2D eigenvalue weighted by atomic mass is 10.2. The van der Waals surface area contributed by atoms with Crippen molar-refractivity contribution < 1.29 is 4.79 Å². The van der Waals surface area contributed by atoms with Gasteiger partial charge in [0.25, 0.3) is 0 Å². The molecule has 1 rings (SSSR count). The number of hydrogen-bond donors (Lipinski definition) is 2. The first-order valence-electron chi connectivity index (χ1n) is 6.08. The standard InChI is InChI=1S/C12H20BrN3OS/c1-3-16(4-2)7-6-15-10(12(14)17)11-9(13)5-8-18-11/h5,8,10,15H,3-4,6-7H2,1-2H3,(H2,14,17). The van der Waals surface area contributed by atoms with Crippen LogP contribution in [0, 0.1) is 0 Å². The van der Waals surface area contributed by atoms with Crippen LogP contribution < -0.4 is 11.1 Å². The molecule has 6 heteroatoms. The fourth-order valence-corrected chi connectivity index (χ4v) is 3.42. The van der Waals surface area contributed by atoms with Crippen molar-refractivity contribution in [3.63, 3.8) is 0 Å². The van der Waals surface area contributed by atoms with Gasteiger partial charge in [-0.05, 0) is 40.5 Å². The third-order valence-electron chi connectivity index (χ3n) is 2.86. The van der Waals surface area contributed by atoms with Crippen molar-refractivity contribution in [3.05, 3.63) is 20.8 Å². The monoisotopic (exact) mass is 333 g/mol. The van der Waals surface area contributed by atoms with Crippen molar-refractivity contribution in [1.29, 1.82) is 0 Å². The summed E-state index contributed by atoms with van der Waals surface area (Å²) in [5, 5.41) is 5.17. The summed E-state index contributed by atoms with van der Waals surface area (Å²) in [6.45, 7) is 7.96. The highest BCUT2D eigenvalue weighted by Gasteiger charge is 2.20. The summed E-state index contributed by atoms with van der Waals surface area (Å²) < 4.78 is 0.937. The molecule has 0 saturated heterocycles. The van der Waals surface area contributed by atoms with Crippen LogP contribution >= 0.6 is 27.3 Å². The maximum atomic E-state index is 11.5. The number of carbonyl (C=O) groups excluding carboxylic acids is 1. The topological polar surface area (TPSA) is 58.4 Å². The predicted molar refractivity (Wildman–Crippen MR) is 79.7 cm³/mol. The van der Waals surface area contributed by atoms with Crippen LogP contribution in [0.2, 0.25) is 0 Å². The fraction of sp³-hybridized carbons (Fsp3) is 0.583. The molecule has 0 fully saturated rings. The van der Waals surface area contributed by atoms with Crippen LogP contribution in [0.3, 0.4) is 0 Å². The maximum Gasteiger partial charge on any atom is 0.240 e. The number of hydrogen-bond acceptors (Lipinski definition) is 4. The number of carbonyl (C=O) groups is 1. The van der Waals surface area contributed by atoms with E-state index < -0.39 is 6.04 Å². The van der Waals surface area contributed by atoms with Crippen molar-refractivity contribution in [2.75, 3.05) is 26.2 Å². The Morgan fingerprint density at radius 1 is 1.56 bits per heavy atom. The Balaban J connectivity index is 2.55. The van der Waals surface area contributed by atoms with Crippen LogP contribution in [0.15, 0.2) is 15.9 Å². The average Bonchev–Trinajstić information content (AvgIpc) is 2.75. The molecule has 0 aromatic carbocycles. The Morgan fingerprint density at radius 3 is 2.67 bits per heavy atom. The second-order valence-electron chi connectivity index (χ2n) is 3.95. The first kappa shape index (κ1) is 15.6. The number of thiophene rings is 1. The zero-order chi connectivity index (χ0) is 13.5. The largest absolute Gasteiger partial charge is 0.368 e. The van der Waals surface area contributed by atoms with Crippen LogP contribution in [-0.4, -0.2) is 37.0 Å². The number of primary amides is 1. The van der Waals surface area contributed by atoms with Gasteiger partial charge in [-0.1, -0.05) is 13.8 Å². The van der Waals surface area contributed by atoms with E-state index in [1.54, 1.807) is 0 Å². The highest BCUT2D eigenvalue weighted by atomic mass is 79.9. The van der Waals surface area contributed by atoms with E-state index in [1.165, 1.54) is 11.3 Å². The molecule has 1 aromatic heterocycles. The van der Waals surface area contributed by atoms with Gasteiger partial charge in [-0.15, -0.1) is 11.3 Å². The van der Waals surface area contributed by atoms with E-state index in [0.29, 0.717) is 0 Å². The Labute approximate surface area is 121 Å². The van der Waals surface area contributed by atoms with Crippen LogP contribution in [0.1, 0.15) is 24.8 Å². The molecule has 1 aromatic rings. The van der Waals surface area contributed by atoms with Gasteiger partial charge in [0.05, 0.1) is 0 Å². The van der Waals surface area contributed by atoms with Gasteiger partial charge >= 0.3 is 0 Å². The highest BCUT2D eigenvalue weighted by molar-refractivity contribution is 9.10. The molecule has 0 aliphatic rings. The number of amides is 1. The molecule has 0 spiro atoms. The Bertz CT molecular complexity index is 379. The molecule has 0 radical (unpaired) electrons. The number of nitrogens with one attached hydrogen (secondary N) is 1. The summed E-state index contributed by atoms with van der Waals surface area (Å²) in [7, 11) is 0. The summed E-state index contributed by atoms with van der Waals surface area (Å²) >= 11 is 4.97. The van der Waals surface area contributed by atoms with Gasteiger partial charge < -0.3 is 16.0 Å². The van der Waals surface area contributed by atoms with Crippen molar-refractivity contribution >= 4 is 33.2 Å². The number of nitrogens with two attached hydrogens (primary N) is 1. The molecular formula is C12H20BrN3OS. The maximum absolute atomic E-state index is 11.5. The average molecular weight is 334 g/mol. The lowest BCUT2D eigenvalue weighted by Crippen LogP contribution is -2.38. The molecule has 0 saturated carbocycles. The first-order chi connectivity index (χ1) is 8.60. The minimum absolute atomic E-state index is 0.335. The zero-order valence-electron chi connectivity index (χ0n) is 10.8. The molecule has 0 aliphatic heterocycles. The zero-order valence-corrected chi connectivity index (χ0v) is 13.2. The number of nitrogens with zero attached hydrogens (tertiary/aromatic N) is 1. The molecule has 102 valence electrons. The van der Waals surface area contributed by atoms with Crippen molar-refractivity contribution in [3.8, 4) is 0 Å². The van der Waals surface area contributed by atoms with Gasteiger partial charge in [0.1, 0.15) is 6.04 Å². The third-order valence-corrected chi connectivity index (χ3v) is 4.80.